The first-order valence-electron chi connectivity index (χ1n) is 6.52. The van der Waals surface area contributed by atoms with E-state index in [0.29, 0.717) is 12.1 Å². The maximum atomic E-state index is 13.1. The number of thioether (sulfide) groups is 1. The summed E-state index contributed by atoms with van der Waals surface area (Å²) in [7, 11) is 0. The smallest absolute Gasteiger partial charge is 0.251 e. The minimum atomic E-state index is -0.430. The lowest BCUT2D eigenvalue weighted by Crippen LogP contribution is -2.45. The van der Waals surface area contributed by atoms with E-state index < -0.39 is 11.4 Å². The molecule has 0 aromatic heterocycles. The van der Waals surface area contributed by atoms with Gasteiger partial charge < -0.3 is 15.2 Å². The highest BCUT2D eigenvalue weighted by Crippen LogP contribution is 2.30. The highest BCUT2D eigenvalue weighted by atomic mass is 32.2. The molecule has 1 atom stereocenters. The van der Waals surface area contributed by atoms with Crippen LogP contribution in [-0.2, 0) is 4.74 Å². The molecule has 1 aliphatic rings. The Bertz CT molecular complexity index is 463. The van der Waals surface area contributed by atoms with Crippen molar-refractivity contribution in [1.29, 1.82) is 0 Å². The normalized spacial score (nSPS) is 21.9. The lowest BCUT2D eigenvalue weighted by atomic mass is 10.0. The van der Waals surface area contributed by atoms with Crippen LogP contribution in [0.4, 0.5) is 4.39 Å². The Hall–Kier alpha value is -1.11. The average molecular weight is 299 g/mol. The molecule has 1 amide bonds. The quantitative estimate of drug-likeness (QED) is 0.834. The summed E-state index contributed by atoms with van der Waals surface area (Å²) in [5.74, 6) is 1.02. The number of rotatable bonds is 6. The van der Waals surface area contributed by atoms with Crippen molar-refractivity contribution in [2.75, 3.05) is 31.3 Å². The SMILES string of the molecule is O=C(NCC1(OCCO)CCSC1)c1cccc(F)c1. The van der Waals surface area contributed by atoms with Crippen LogP contribution in [0.2, 0.25) is 0 Å². The molecule has 1 unspecified atom stereocenters. The first kappa shape index (κ1) is 15.3. The Morgan fingerprint density at radius 2 is 2.40 bits per heavy atom. The van der Waals surface area contributed by atoms with Gasteiger partial charge in [-0.15, -0.1) is 0 Å². The maximum Gasteiger partial charge on any atom is 0.251 e. The Kier molecular flexibility index (Phi) is 5.39. The highest BCUT2D eigenvalue weighted by Gasteiger charge is 2.35. The largest absolute Gasteiger partial charge is 0.394 e. The fraction of sp³-hybridized carbons (Fsp3) is 0.500. The number of aliphatic hydroxyl groups is 1. The van der Waals surface area contributed by atoms with Gasteiger partial charge in [0.05, 0.1) is 18.8 Å². The second kappa shape index (κ2) is 7.06. The molecule has 6 heteroatoms. The van der Waals surface area contributed by atoms with Crippen molar-refractivity contribution in [3.63, 3.8) is 0 Å². The Balaban J connectivity index is 1.94. The molecule has 1 fully saturated rings. The van der Waals surface area contributed by atoms with Crippen LogP contribution in [0.1, 0.15) is 16.8 Å². The first-order valence-corrected chi connectivity index (χ1v) is 7.67. The summed E-state index contributed by atoms with van der Waals surface area (Å²) in [6.45, 7) is 0.593. The molecule has 0 bridgehead atoms. The molecule has 20 heavy (non-hydrogen) atoms. The second-order valence-electron chi connectivity index (χ2n) is 4.75. The highest BCUT2D eigenvalue weighted by molar-refractivity contribution is 7.99. The Morgan fingerprint density at radius 1 is 1.55 bits per heavy atom. The van der Waals surface area contributed by atoms with Crippen LogP contribution in [0, 0.1) is 5.82 Å². The van der Waals surface area contributed by atoms with Gasteiger partial charge in [0.25, 0.3) is 5.91 Å². The van der Waals surface area contributed by atoms with E-state index >= 15 is 0 Å². The minimum absolute atomic E-state index is 0.0374. The van der Waals surface area contributed by atoms with Crippen molar-refractivity contribution in [3.05, 3.63) is 35.6 Å². The van der Waals surface area contributed by atoms with Crippen molar-refractivity contribution in [2.45, 2.75) is 12.0 Å². The standard InChI is InChI=1S/C14H18FNO3S/c15-12-3-1-2-11(8-12)13(18)16-9-14(19-6-5-17)4-7-20-10-14/h1-3,8,17H,4-7,9-10H2,(H,16,18). The monoisotopic (exact) mass is 299 g/mol. The molecule has 4 nitrogen and oxygen atoms in total. The topological polar surface area (TPSA) is 58.6 Å². The molecule has 1 aromatic carbocycles. The Morgan fingerprint density at radius 3 is 3.05 bits per heavy atom. The van der Waals surface area contributed by atoms with Crippen LogP contribution < -0.4 is 5.32 Å². The van der Waals surface area contributed by atoms with E-state index in [1.807, 2.05) is 0 Å². The number of amides is 1. The Labute approximate surface area is 121 Å². The van der Waals surface area contributed by atoms with Crippen molar-refractivity contribution >= 4 is 17.7 Å². The van der Waals surface area contributed by atoms with E-state index in [2.05, 4.69) is 5.32 Å². The van der Waals surface area contributed by atoms with Gasteiger partial charge in [-0.2, -0.15) is 11.8 Å². The summed E-state index contributed by atoms with van der Waals surface area (Å²) >= 11 is 1.76. The zero-order chi connectivity index (χ0) is 14.4. The van der Waals surface area contributed by atoms with Gasteiger partial charge in [0.1, 0.15) is 5.82 Å². The van der Waals surface area contributed by atoms with Crippen LogP contribution in [0.3, 0.4) is 0 Å². The van der Waals surface area contributed by atoms with E-state index in [-0.39, 0.29) is 19.1 Å². The van der Waals surface area contributed by atoms with Gasteiger partial charge in [-0.1, -0.05) is 6.07 Å². The van der Waals surface area contributed by atoms with Gasteiger partial charge in [-0.3, -0.25) is 4.79 Å². The predicted octanol–water partition coefficient (Wildman–Crippen LogP) is 1.44. The summed E-state index contributed by atoms with van der Waals surface area (Å²) in [5.41, 5.74) is -0.121. The number of nitrogens with one attached hydrogen (secondary N) is 1. The molecule has 110 valence electrons. The summed E-state index contributed by atoms with van der Waals surface area (Å²) in [6.07, 6.45) is 0.834. The molecule has 1 heterocycles. The molecule has 0 spiro atoms. The van der Waals surface area contributed by atoms with Gasteiger partial charge in [0.15, 0.2) is 0 Å². The second-order valence-corrected chi connectivity index (χ2v) is 5.86. The van der Waals surface area contributed by atoms with Crippen LogP contribution >= 0.6 is 11.8 Å². The van der Waals surface area contributed by atoms with Crippen LogP contribution in [0.5, 0.6) is 0 Å². The molecular formula is C14H18FNO3S. The summed E-state index contributed by atoms with van der Waals surface area (Å²) in [4.78, 5) is 12.0. The lowest BCUT2D eigenvalue weighted by Gasteiger charge is -2.28. The molecule has 0 aliphatic carbocycles. The number of carbonyl (C=O) groups is 1. The van der Waals surface area contributed by atoms with Crippen molar-refractivity contribution in [1.82, 2.24) is 5.32 Å². The molecule has 2 N–H and O–H groups in total. The molecule has 1 aromatic rings. The number of hydrogen-bond acceptors (Lipinski definition) is 4. The number of halogens is 1. The van der Waals surface area contributed by atoms with Crippen molar-refractivity contribution in [3.8, 4) is 0 Å². The third-order valence-corrected chi connectivity index (χ3v) is 4.45. The third kappa shape index (κ3) is 3.94. The maximum absolute atomic E-state index is 13.1. The zero-order valence-electron chi connectivity index (χ0n) is 11.1. The summed E-state index contributed by atoms with van der Waals surface area (Å²) in [5, 5.41) is 11.7. The molecule has 0 radical (unpaired) electrons. The molecule has 1 aliphatic heterocycles. The number of ether oxygens (including phenoxy) is 1. The van der Waals surface area contributed by atoms with Crippen LogP contribution in [-0.4, -0.2) is 47.9 Å². The summed E-state index contributed by atoms with van der Waals surface area (Å²) in [6, 6.07) is 5.59. The number of benzene rings is 1. The number of carbonyl (C=O) groups excluding carboxylic acids is 1. The minimum Gasteiger partial charge on any atom is -0.394 e. The van der Waals surface area contributed by atoms with E-state index in [1.54, 1.807) is 17.8 Å². The zero-order valence-corrected chi connectivity index (χ0v) is 11.9. The molecule has 2 rings (SSSR count). The van der Waals surface area contributed by atoms with E-state index in [0.717, 1.165) is 17.9 Å². The van der Waals surface area contributed by atoms with E-state index in [1.165, 1.54) is 18.2 Å². The lowest BCUT2D eigenvalue weighted by molar-refractivity contribution is -0.0378. The molecule has 0 saturated carbocycles. The van der Waals surface area contributed by atoms with Gasteiger partial charge in [0.2, 0.25) is 0 Å². The van der Waals surface area contributed by atoms with Gasteiger partial charge in [-0.25, -0.2) is 4.39 Å². The third-order valence-electron chi connectivity index (χ3n) is 3.22. The predicted molar refractivity (Wildman–Crippen MR) is 76.4 cm³/mol. The van der Waals surface area contributed by atoms with E-state index in [9.17, 15) is 9.18 Å². The van der Waals surface area contributed by atoms with Gasteiger partial charge >= 0.3 is 0 Å². The first-order chi connectivity index (χ1) is 9.65. The van der Waals surface area contributed by atoms with Crippen LogP contribution in [0.15, 0.2) is 24.3 Å². The van der Waals surface area contributed by atoms with Crippen molar-refractivity contribution < 1.29 is 19.0 Å². The number of aliphatic hydroxyl groups excluding tert-OH is 1. The number of hydrogen-bond donors (Lipinski definition) is 2. The van der Waals surface area contributed by atoms with Crippen LogP contribution in [0.25, 0.3) is 0 Å². The van der Waals surface area contributed by atoms with Crippen molar-refractivity contribution in [2.24, 2.45) is 0 Å². The van der Waals surface area contributed by atoms with Gasteiger partial charge in [-0.05, 0) is 30.4 Å². The van der Waals surface area contributed by atoms with Gasteiger partial charge in [0, 0.05) is 17.9 Å². The molecule has 1 saturated heterocycles. The fourth-order valence-electron chi connectivity index (χ4n) is 2.13. The average Bonchev–Trinajstić information content (AvgIpc) is 2.92. The summed E-state index contributed by atoms with van der Waals surface area (Å²) < 4.78 is 18.8. The fourth-order valence-corrected chi connectivity index (χ4v) is 3.49. The van der Waals surface area contributed by atoms with E-state index in [4.69, 9.17) is 9.84 Å². The molecular weight excluding hydrogens is 281 g/mol.